The van der Waals surface area contributed by atoms with Crippen LogP contribution >= 0.6 is 11.8 Å². The van der Waals surface area contributed by atoms with Crippen LogP contribution in [0, 0.1) is 0 Å². The SMILES string of the molecule is COc1ccc(C2=CSc3nnc([C@H]4CCC[NH2+]4)n3N2)cc1. The summed E-state index contributed by atoms with van der Waals surface area (Å²) >= 11 is 1.60. The van der Waals surface area contributed by atoms with Crippen molar-refractivity contribution in [2.45, 2.75) is 24.0 Å². The normalized spacial score (nSPS) is 20.2. The van der Waals surface area contributed by atoms with Crippen LogP contribution in [0.15, 0.2) is 34.8 Å². The summed E-state index contributed by atoms with van der Waals surface area (Å²) in [4.78, 5) is 0. The van der Waals surface area contributed by atoms with E-state index in [1.54, 1.807) is 18.9 Å². The molecule has 6 nitrogen and oxygen atoms in total. The van der Waals surface area contributed by atoms with Gasteiger partial charge in [-0.25, -0.2) is 4.68 Å². The molecule has 1 atom stereocenters. The molecule has 0 aliphatic carbocycles. The average molecular weight is 316 g/mol. The molecule has 0 radical (unpaired) electrons. The fourth-order valence-electron chi connectivity index (χ4n) is 2.87. The zero-order chi connectivity index (χ0) is 14.9. The molecule has 7 heteroatoms. The summed E-state index contributed by atoms with van der Waals surface area (Å²) in [6.45, 7) is 1.17. The Hall–Kier alpha value is -1.99. The predicted octanol–water partition coefficient (Wildman–Crippen LogP) is 1.33. The third kappa shape index (κ3) is 2.36. The molecular weight excluding hydrogens is 298 g/mol. The van der Waals surface area contributed by atoms with Gasteiger partial charge in [-0.1, -0.05) is 11.8 Å². The molecule has 1 saturated heterocycles. The van der Waals surface area contributed by atoms with Gasteiger partial charge in [0, 0.05) is 23.8 Å². The number of benzene rings is 1. The summed E-state index contributed by atoms with van der Waals surface area (Å²) in [6, 6.07) is 8.44. The molecule has 2 aliphatic heterocycles. The summed E-state index contributed by atoms with van der Waals surface area (Å²) in [5, 5.41) is 14.0. The molecule has 0 saturated carbocycles. The van der Waals surface area contributed by atoms with Crippen molar-refractivity contribution in [1.82, 2.24) is 14.9 Å². The Labute approximate surface area is 132 Å². The number of quaternary nitrogens is 1. The maximum Gasteiger partial charge on any atom is 0.214 e. The van der Waals surface area contributed by atoms with E-state index in [-0.39, 0.29) is 0 Å². The minimum absolute atomic E-state index is 0.407. The van der Waals surface area contributed by atoms with Crippen molar-refractivity contribution < 1.29 is 10.1 Å². The molecule has 0 amide bonds. The van der Waals surface area contributed by atoms with E-state index in [1.165, 1.54) is 13.0 Å². The Bertz CT molecular complexity index is 703. The van der Waals surface area contributed by atoms with Gasteiger partial charge in [0.15, 0.2) is 0 Å². The molecule has 3 N–H and O–H groups in total. The van der Waals surface area contributed by atoms with Crippen LogP contribution in [-0.4, -0.2) is 28.5 Å². The number of nitrogens with zero attached hydrogens (tertiary/aromatic N) is 3. The van der Waals surface area contributed by atoms with Gasteiger partial charge in [-0.05, 0) is 24.3 Å². The fourth-order valence-corrected chi connectivity index (χ4v) is 3.62. The van der Waals surface area contributed by atoms with Crippen LogP contribution in [0.25, 0.3) is 5.70 Å². The number of nitrogens with one attached hydrogen (secondary N) is 1. The Morgan fingerprint density at radius 1 is 1.32 bits per heavy atom. The lowest BCUT2D eigenvalue weighted by Crippen LogP contribution is -2.82. The van der Waals surface area contributed by atoms with Crippen molar-refractivity contribution >= 4 is 17.5 Å². The van der Waals surface area contributed by atoms with Gasteiger partial charge in [0.1, 0.15) is 11.8 Å². The number of methoxy groups -OCH3 is 1. The monoisotopic (exact) mass is 316 g/mol. The van der Waals surface area contributed by atoms with Gasteiger partial charge in [0.05, 0.1) is 19.4 Å². The Balaban J connectivity index is 1.61. The van der Waals surface area contributed by atoms with Crippen LogP contribution in [0.2, 0.25) is 0 Å². The van der Waals surface area contributed by atoms with E-state index in [2.05, 4.69) is 38.5 Å². The second-order valence-corrected chi connectivity index (χ2v) is 6.28. The minimum atomic E-state index is 0.407. The van der Waals surface area contributed by atoms with E-state index in [9.17, 15) is 0 Å². The Kier molecular flexibility index (Phi) is 3.51. The molecular formula is C15H18N5OS+. The van der Waals surface area contributed by atoms with Crippen molar-refractivity contribution in [2.75, 3.05) is 19.1 Å². The third-order valence-electron chi connectivity index (χ3n) is 4.08. The lowest BCUT2D eigenvalue weighted by molar-refractivity contribution is -0.677. The fraction of sp³-hybridized carbons (Fsp3) is 0.333. The quantitative estimate of drug-likeness (QED) is 0.894. The molecule has 0 unspecified atom stereocenters. The van der Waals surface area contributed by atoms with Crippen molar-refractivity contribution in [2.24, 2.45) is 0 Å². The van der Waals surface area contributed by atoms with E-state index in [0.717, 1.165) is 34.4 Å². The van der Waals surface area contributed by atoms with Crippen molar-refractivity contribution in [1.29, 1.82) is 0 Å². The predicted molar refractivity (Wildman–Crippen MR) is 85.0 cm³/mol. The first kappa shape index (κ1) is 13.7. The van der Waals surface area contributed by atoms with E-state index in [1.807, 2.05) is 16.8 Å². The molecule has 0 bridgehead atoms. The van der Waals surface area contributed by atoms with Crippen LogP contribution in [0.3, 0.4) is 0 Å². The van der Waals surface area contributed by atoms with Gasteiger partial charge in [-0.2, -0.15) is 0 Å². The van der Waals surface area contributed by atoms with Gasteiger partial charge in [0.2, 0.25) is 11.0 Å². The zero-order valence-electron chi connectivity index (χ0n) is 12.3. The van der Waals surface area contributed by atoms with Crippen LogP contribution in [0.1, 0.15) is 30.3 Å². The average Bonchev–Trinajstić information content (AvgIpc) is 3.23. The summed E-state index contributed by atoms with van der Waals surface area (Å²) in [6.07, 6.45) is 2.40. The highest BCUT2D eigenvalue weighted by Gasteiger charge is 2.29. The molecule has 2 aromatic rings. The molecule has 22 heavy (non-hydrogen) atoms. The maximum atomic E-state index is 5.21. The number of nitrogens with two attached hydrogens (primary N) is 1. The Morgan fingerprint density at radius 2 is 2.18 bits per heavy atom. The molecule has 1 fully saturated rings. The molecule has 2 aliphatic rings. The van der Waals surface area contributed by atoms with Crippen LogP contribution in [0.4, 0.5) is 0 Å². The van der Waals surface area contributed by atoms with Crippen LogP contribution < -0.4 is 15.5 Å². The first-order valence-electron chi connectivity index (χ1n) is 7.42. The van der Waals surface area contributed by atoms with Crippen molar-refractivity contribution in [3.05, 3.63) is 41.1 Å². The number of hydrogen-bond acceptors (Lipinski definition) is 5. The smallest absolute Gasteiger partial charge is 0.214 e. The van der Waals surface area contributed by atoms with E-state index in [4.69, 9.17) is 4.74 Å². The maximum absolute atomic E-state index is 5.21. The number of fused-ring (bicyclic) bond motifs is 1. The number of hydrogen-bond donors (Lipinski definition) is 2. The first-order chi connectivity index (χ1) is 10.8. The van der Waals surface area contributed by atoms with Crippen LogP contribution in [-0.2, 0) is 0 Å². The molecule has 1 aromatic heterocycles. The highest BCUT2D eigenvalue weighted by molar-refractivity contribution is 8.02. The minimum Gasteiger partial charge on any atom is -0.497 e. The molecule has 4 rings (SSSR count). The lowest BCUT2D eigenvalue weighted by Gasteiger charge is -2.20. The standard InChI is InChI=1S/C15H17N5OS/c1-21-11-6-4-10(5-7-11)13-9-22-15-18-17-14(20(15)19-13)12-3-2-8-16-12/h4-7,9,12,16,19H,2-3,8H2,1H3/p+1/t12-/m1/s1. The first-order valence-corrected chi connectivity index (χ1v) is 8.30. The second-order valence-electron chi connectivity index (χ2n) is 5.44. The van der Waals surface area contributed by atoms with Gasteiger partial charge in [0.25, 0.3) is 0 Å². The molecule has 0 spiro atoms. The van der Waals surface area contributed by atoms with Crippen molar-refractivity contribution in [3.8, 4) is 5.75 Å². The summed E-state index contributed by atoms with van der Waals surface area (Å²) in [5.41, 5.74) is 5.62. The van der Waals surface area contributed by atoms with E-state index < -0.39 is 0 Å². The summed E-state index contributed by atoms with van der Waals surface area (Å²) in [7, 11) is 1.68. The summed E-state index contributed by atoms with van der Waals surface area (Å²) < 4.78 is 7.24. The topological polar surface area (TPSA) is 68.6 Å². The number of aromatic nitrogens is 3. The highest BCUT2D eigenvalue weighted by Crippen LogP contribution is 2.30. The van der Waals surface area contributed by atoms with Crippen molar-refractivity contribution in [3.63, 3.8) is 0 Å². The highest BCUT2D eigenvalue weighted by atomic mass is 32.2. The second kappa shape index (κ2) is 5.66. The van der Waals surface area contributed by atoms with E-state index >= 15 is 0 Å². The number of thioether (sulfide) groups is 1. The van der Waals surface area contributed by atoms with E-state index in [0.29, 0.717) is 6.04 Å². The molecule has 114 valence electrons. The zero-order valence-corrected chi connectivity index (χ0v) is 13.1. The number of rotatable bonds is 3. The third-order valence-corrected chi connectivity index (χ3v) is 4.90. The summed E-state index contributed by atoms with van der Waals surface area (Å²) in [5.74, 6) is 1.87. The van der Waals surface area contributed by atoms with Gasteiger partial charge >= 0.3 is 0 Å². The van der Waals surface area contributed by atoms with Crippen LogP contribution in [0.5, 0.6) is 5.75 Å². The number of ether oxygens (including phenoxy) is 1. The van der Waals surface area contributed by atoms with Gasteiger partial charge in [-0.3, -0.25) is 5.43 Å². The molecule has 1 aromatic carbocycles. The van der Waals surface area contributed by atoms with Gasteiger partial charge in [-0.15, -0.1) is 10.2 Å². The lowest BCUT2D eigenvalue weighted by atomic mass is 10.2. The Morgan fingerprint density at radius 3 is 2.91 bits per heavy atom. The molecule has 3 heterocycles. The van der Waals surface area contributed by atoms with Gasteiger partial charge < -0.3 is 10.1 Å². The largest absolute Gasteiger partial charge is 0.497 e.